The topological polar surface area (TPSA) is 54.9 Å². The van der Waals surface area contributed by atoms with E-state index in [1.807, 2.05) is 54.8 Å². The van der Waals surface area contributed by atoms with Crippen molar-refractivity contribution < 1.29 is 4.79 Å². The van der Waals surface area contributed by atoms with E-state index in [9.17, 15) is 4.79 Å². The lowest BCUT2D eigenvalue weighted by Gasteiger charge is -2.13. The fraction of sp³-hybridized carbons (Fsp3) is 0.167. The van der Waals surface area contributed by atoms with Gasteiger partial charge in [-0.2, -0.15) is 0 Å². The highest BCUT2D eigenvalue weighted by molar-refractivity contribution is 7.13. The zero-order valence-corrected chi connectivity index (χ0v) is 13.6. The first-order valence-corrected chi connectivity index (χ1v) is 8.29. The third-order valence-corrected chi connectivity index (χ3v) is 4.44. The Labute approximate surface area is 139 Å². The molecule has 0 saturated carbocycles. The van der Waals surface area contributed by atoms with Gasteiger partial charge in [0.1, 0.15) is 5.01 Å². The minimum absolute atomic E-state index is 0.0120. The van der Waals surface area contributed by atoms with Crippen molar-refractivity contribution in [2.45, 2.75) is 19.4 Å². The summed E-state index contributed by atoms with van der Waals surface area (Å²) in [5.41, 5.74) is 2.91. The Morgan fingerprint density at radius 3 is 2.65 bits per heavy atom. The number of aromatic nitrogens is 2. The van der Waals surface area contributed by atoms with Crippen LogP contribution in [0.1, 0.15) is 24.2 Å². The quantitative estimate of drug-likeness (QED) is 0.780. The van der Waals surface area contributed by atoms with E-state index in [-0.39, 0.29) is 11.9 Å². The molecule has 5 heteroatoms. The van der Waals surface area contributed by atoms with Gasteiger partial charge in [-0.3, -0.25) is 9.78 Å². The number of amides is 1. The van der Waals surface area contributed by atoms with E-state index in [1.165, 1.54) is 0 Å². The summed E-state index contributed by atoms with van der Waals surface area (Å²) in [6.07, 6.45) is 3.77. The molecular weight excluding hydrogens is 306 g/mol. The van der Waals surface area contributed by atoms with Gasteiger partial charge in [-0.15, -0.1) is 11.3 Å². The predicted molar refractivity (Wildman–Crippen MR) is 92.0 cm³/mol. The second-order valence-electron chi connectivity index (χ2n) is 5.26. The Morgan fingerprint density at radius 2 is 1.91 bits per heavy atom. The molecule has 0 fully saturated rings. The van der Waals surface area contributed by atoms with Gasteiger partial charge < -0.3 is 5.32 Å². The zero-order chi connectivity index (χ0) is 16.1. The van der Waals surface area contributed by atoms with Gasteiger partial charge in [0.2, 0.25) is 5.91 Å². The summed E-state index contributed by atoms with van der Waals surface area (Å²) in [5, 5.41) is 5.85. The third-order valence-electron chi connectivity index (χ3n) is 3.50. The number of nitrogens with zero attached hydrogens (tertiary/aromatic N) is 2. The molecule has 0 spiro atoms. The second-order valence-corrected chi connectivity index (χ2v) is 6.11. The Hall–Kier alpha value is -2.53. The van der Waals surface area contributed by atoms with Crippen LogP contribution in [0, 0.1) is 0 Å². The number of carbonyl (C=O) groups is 1. The van der Waals surface area contributed by atoms with Crippen LogP contribution in [-0.2, 0) is 11.2 Å². The van der Waals surface area contributed by atoms with E-state index in [4.69, 9.17) is 0 Å². The van der Waals surface area contributed by atoms with Crippen LogP contribution >= 0.6 is 11.3 Å². The molecule has 3 rings (SSSR count). The van der Waals surface area contributed by atoms with Crippen LogP contribution in [0.25, 0.3) is 10.6 Å². The van der Waals surface area contributed by atoms with Gasteiger partial charge in [0.05, 0.1) is 18.2 Å². The molecule has 1 N–H and O–H groups in total. The number of benzene rings is 1. The maximum Gasteiger partial charge on any atom is 0.226 e. The number of thiazole rings is 1. The maximum absolute atomic E-state index is 12.2. The fourth-order valence-corrected chi connectivity index (χ4v) is 3.12. The summed E-state index contributed by atoms with van der Waals surface area (Å²) >= 11 is 1.54. The normalized spacial score (nSPS) is 11.9. The van der Waals surface area contributed by atoms with Gasteiger partial charge in [-0.25, -0.2) is 4.98 Å². The highest BCUT2D eigenvalue weighted by atomic mass is 32.1. The van der Waals surface area contributed by atoms with Crippen LogP contribution in [0.15, 0.2) is 60.2 Å². The summed E-state index contributed by atoms with van der Waals surface area (Å²) in [7, 11) is 0. The number of nitrogens with one attached hydrogen (secondary N) is 1. The second kappa shape index (κ2) is 7.15. The first-order chi connectivity index (χ1) is 11.2. The molecule has 23 heavy (non-hydrogen) atoms. The molecule has 4 nitrogen and oxygen atoms in total. The van der Waals surface area contributed by atoms with Crippen molar-refractivity contribution in [3.05, 3.63) is 71.5 Å². The molecule has 0 aliphatic carbocycles. The molecule has 0 bridgehead atoms. The summed E-state index contributed by atoms with van der Waals surface area (Å²) in [5.74, 6) is -0.0204. The molecule has 0 aliphatic rings. The molecule has 1 atom stereocenters. The first-order valence-electron chi connectivity index (χ1n) is 7.41. The van der Waals surface area contributed by atoms with Crippen LogP contribution in [0.3, 0.4) is 0 Å². The zero-order valence-electron chi connectivity index (χ0n) is 12.8. The van der Waals surface area contributed by atoms with Gasteiger partial charge in [0.25, 0.3) is 0 Å². The molecule has 0 saturated heterocycles. The number of carbonyl (C=O) groups excluding carboxylic acids is 1. The largest absolute Gasteiger partial charge is 0.349 e. The molecule has 2 aromatic heterocycles. The summed E-state index contributed by atoms with van der Waals surface area (Å²) in [6.45, 7) is 1.98. The standard InChI is InChI=1S/C18H17N3OS/c1-13(14-5-3-2-4-6-14)20-17(22)11-16-12-23-18(21-16)15-7-9-19-10-8-15/h2-10,12-13H,11H2,1H3,(H,20,22). The number of pyridine rings is 1. The van der Waals surface area contributed by atoms with Gasteiger partial charge in [0, 0.05) is 23.3 Å². The molecule has 2 heterocycles. The van der Waals surface area contributed by atoms with E-state index < -0.39 is 0 Å². The van der Waals surface area contributed by atoms with Crippen molar-refractivity contribution in [1.29, 1.82) is 0 Å². The van der Waals surface area contributed by atoms with Crippen molar-refractivity contribution >= 4 is 17.2 Å². The average molecular weight is 323 g/mol. The summed E-state index contributed by atoms with van der Waals surface area (Å²) in [6, 6.07) is 13.7. The van der Waals surface area contributed by atoms with Crippen LogP contribution in [-0.4, -0.2) is 15.9 Å². The first kappa shape index (κ1) is 15.4. The fourth-order valence-electron chi connectivity index (χ4n) is 2.30. The molecule has 0 radical (unpaired) electrons. The Bertz CT molecular complexity index is 771. The molecule has 1 aromatic carbocycles. The van der Waals surface area contributed by atoms with E-state index in [0.717, 1.165) is 21.8 Å². The van der Waals surface area contributed by atoms with E-state index >= 15 is 0 Å². The van der Waals surface area contributed by atoms with Gasteiger partial charge in [-0.05, 0) is 24.6 Å². The smallest absolute Gasteiger partial charge is 0.226 e. The highest BCUT2D eigenvalue weighted by Gasteiger charge is 2.12. The summed E-state index contributed by atoms with van der Waals surface area (Å²) < 4.78 is 0. The highest BCUT2D eigenvalue weighted by Crippen LogP contribution is 2.23. The lowest BCUT2D eigenvalue weighted by atomic mass is 10.1. The molecule has 3 aromatic rings. The van der Waals surface area contributed by atoms with Crippen LogP contribution < -0.4 is 5.32 Å². The number of hydrogen-bond donors (Lipinski definition) is 1. The number of rotatable bonds is 5. The van der Waals surface area contributed by atoms with Crippen molar-refractivity contribution in [3.63, 3.8) is 0 Å². The Balaban J connectivity index is 1.61. The molecule has 116 valence electrons. The van der Waals surface area contributed by atoms with Crippen molar-refractivity contribution in [2.24, 2.45) is 0 Å². The number of hydrogen-bond acceptors (Lipinski definition) is 4. The van der Waals surface area contributed by atoms with Crippen molar-refractivity contribution in [1.82, 2.24) is 15.3 Å². The lowest BCUT2D eigenvalue weighted by Crippen LogP contribution is -2.28. The van der Waals surface area contributed by atoms with Crippen LogP contribution in [0.4, 0.5) is 0 Å². The molecular formula is C18H17N3OS. The maximum atomic E-state index is 12.2. The van der Waals surface area contributed by atoms with Crippen LogP contribution in [0.2, 0.25) is 0 Å². The SMILES string of the molecule is CC(NC(=O)Cc1csc(-c2ccncc2)n1)c1ccccc1. The monoisotopic (exact) mass is 323 g/mol. The molecule has 1 amide bonds. The van der Waals surface area contributed by atoms with E-state index in [2.05, 4.69) is 15.3 Å². The van der Waals surface area contributed by atoms with Gasteiger partial charge in [-0.1, -0.05) is 30.3 Å². The van der Waals surface area contributed by atoms with Crippen molar-refractivity contribution in [3.8, 4) is 10.6 Å². The lowest BCUT2D eigenvalue weighted by molar-refractivity contribution is -0.121. The third kappa shape index (κ3) is 4.02. The summed E-state index contributed by atoms with van der Waals surface area (Å²) in [4.78, 5) is 20.7. The van der Waals surface area contributed by atoms with Crippen molar-refractivity contribution in [2.75, 3.05) is 0 Å². The van der Waals surface area contributed by atoms with Gasteiger partial charge >= 0.3 is 0 Å². The predicted octanol–water partition coefficient (Wildman–Crippen LogP) is 3.63. The van der Waals surface area contributed by atoms with E-state index in [0.29, 0.717) is 6.42 Å². The van der Waals surface area contributed by atoms with Gasteiger partial charge in [0.15, 0.2) is 0 Å². The average Bonchev–Trinajstić information content (AvgIpc) is 3.04. The molecule has 1 unspecified atom stereocenters. The van der Waals surface area contributed by atoms with E-state index in [1.54, 1.807) is 23.7 Å². The molecule has 0 aliphatic heterocycles. The minimum Gasteiger partial charge on any atom is -0.349 e. The Kier molecular flexibility index (Phi) is 4.78. The van der Waals surface area contributed by atoms with Crippen LogP contribution in [0.5, 0.6) is 0 Å². The Morgan fingerprint density at radius 1 is 1.17 bits per heavy atom. The minimum atomic E-state index is -0.0204.